The molecule has 4 rings (SSSR count). The standard InChI is InChI=1S/C36H37ClF3N3O4S/c1-4-26(3)41-35(45)33(21-27-11-6-5-7-12-27)42(23-28-13-8-9-16-32(28)37)34(44)24-43(30-15-10-14-29(22-30)36(38,39)40)48(46,47)31-19-17-25(2)18-20-31/h5-20,22,26,33H,4,21,23-24H2,1-3H3,(H,41,45)/t26-,33-/m1/s1. The van der Waals surface area contributed by atoms with Crippen molar-refractivity contribution in [1.29, 1.82) is 0 Å². The summed E-state index contributed by atoms with van der Waals surface area (Å²) >= 11 is 6.50. The number of benzene rings is 4. The van der Waals surface area contributed by atoms with Gasteiger partial charge in [0.25, 0.3) is 10.0 Å². The normalized spacial score (nSPS) is 13.0. The molecular formula is C36H37ClF3N3O4S. The fourth-order valence-corrected chi connectivity index (χ4v) is 6.61. The van der Waals surface area contributed by atoms with Gasteiger partial charge < -0.3 is 10.2 Å². The number of nitrogens with zero attached hydrogens (tertiary/aromatic N) is 2. The molecule has 0 fully saturated rings. The predicted octanol–water partition coefficient (Wildman–Crippen LogP) is 7.42. The summed E-state index contributed by atoms with van der Waals surface area (Å²) in [4.78, 5) is 29.5. The molecule has 0 unspecified atom stereocenters. The summed E-state index contributed by atoms with van der Waals surface area (Å²) in [5.74, 6) is -1.29. The van der Waals surface area contributed by atoms with Gasteiger partial charge in [-0.25, -0.2) is 8.42 Å². The van der Waals surface area contributed by atoms with E-state index in [-0.39, 0.29) is 29.6 Å². The topological polar surface area (TPSA) is 86.8 Å². The zero-order valence-corrected chi connectivity index (χ0v) is 28.3. The molecule has 4 aromatic carbocycles. The minimum Gasteiger partial charge on any atom is -0.352 e. The Bertz CT molecular complexity index is 1820. The third kappa shape index (κ3) is 9.17. The van der Waals surface area contributed by atoms with Crippen molar-refractivity contribution in [1.82, 2.24) is 10.2 Å². The molecule has 7 nitrogen and oxygen atoms in total. The first-order valence-electron chi connectivity index (χ1n) is 15.3. The summed E-state index contributed by atoms with van der Waals surface area (Å²) in [6.07, 6.45) is -4.09. The highest BCUT2D eigenvalue weighted by Gasteiger charge is 2.37. The van der Waals surface area contributed by atoms with Gasteiger partial charge in [0.15, 0.2) is 0 Å². The highest BCUT2D eigenvalue weighted by atomic mass is 35.5. The highest BCUT2D eigenvalue weighted by molar-refractivity contribution is 7.92. The van der Waals surface area contributed by atoms with Crippen LogP contribution in [0, 0.1) is 6.92 Å². The zero-order chi connectivity index (χ0) is 35.1. The second-order valence-electron chi connectivity index (χ2n) is 11.5. The number of aryl methyl sites for hydroxylation is 1. The molecule has 0 bridgehead atoms. The van der Waals surface area contributed by atoms with Crippen LogP contribution in [0.3, 0.4) is 0 Å². The van der Waals surface area contributed by atoms with Crippen LogP contribution < -0.4 is 9.62 Å². The van der Waals surface area contributed by atoms with Gasteiger partial charge in [0.05, 0.1) is 16.1 Å². The van der Waals surface area contributed by atoms with Gasteiger partial charge in [-0.1, -0.05) is 90.8 Å². The van der Waals surface area contributed by atoms with Gasteiger partial charge in [-0.15, -0.1) is 0 Å². The molecule has 254 valence electrons. The largest absolute Gasteiger partial charge is 0.416 e. The van der Waals surface area contributed by atoms with E-state index in [1.54, 1.807) is 67.6 Å². The number of hydrogen-bond donors (Lipinski definition) is 1. The molecule has 12 heteroatoms. The van der Waals surface area contributed by atoms with Crippen molar-refractivity contribution in [3.8, 4) is 0 Å². The molecule has 0 saturated carbocycles. The average Bonchev–Trinajstić information content (AvgIpc) is 3.06. The lowest BCUT2D eigenvalue weighted by molar-refractivity contribution is -0.140. The van der Waals surface area contributed by atoms with E-state index >= 15 is 0 Å². The van der Waals surface area contributed by atoms with Crippen LogP contribution in [0.5, 0.6) is 0 Å². The molecule has 2 atom stereocenters. The third-order valence-corrected chi connectivity index (χ3v) is 10.1. The Hall–Kier alpha value is -4.35. The first-order chi connectivity index (χ1) is 22.7. The molecule has 48 heavy (non-hydrogen) atoms. The van der Waals surface area contributed by atoms with Crippen LogP contribution in [0.15, 0.2) is 108 Å². The smallest absolute Gasteiger partial charge is 0.352 e. The molecule has 0 aromatic heterocycles. The van der Waals surface area contributed by atoms with Crippen molar-refractivity contribution in [2.45, 2.75) is 63.3 Å². The Balaban J connectivity index is 1.86. The van der Waals surface area contributed by atoms with Crippen molar-refractivity contribution < 1.29 is 31.2 Å². The molecular weight excluding hydrogens is 663 g/mol. The van der Waals surface area contributed by atoms with E-state index < -0.39 is 46.2 Å². The summed E-state index contributed by atoms with van der Waals surface area (Å²) in [7, 11) is -4.58. The number of rotatable bonds is 13. The Morgan fingerprint density at radius 2 is 1.54 bits per heavy atom. The number of halogens is 4. The number of carbonyl (C=O) groups is 2. The van der Waals surface area contributed by atoms with Gasteiger partial charge >= 0.3 is 6.18 Å². The number of sulfonamides is 1. The van der Waals surface area contributed by atoms with Crippen molar-refractivity contribution in [2.24, 2.45) is 0 Å². The molecule has 0 spiro atoms. The van der Waals surface area contributed by atoms with E-state index in [0.717, 1.165) is 23.3 Å². The van der Waals surface area contributed by atoms with E-state index in [9.17, 15) is 31.2 Å². The lowest BCUT2D eigenvalue weighted by Crippen LogP contribution is -2.54. The van der Waals surface area contributed by atoms with Crippen molar-refractivity contribution in [2.75, 3.05) is 10.8 Å². The van der Waals surface area contributed by atoms with Crippen molar-refractivity contribution in [3.63, 3.8) is 0 Å². The third-order valence-electron chi connectivity index (χ3n) is 7.92. The summed E-state index contributed by atoms with van der Waals surface area (Å²) in [5.41, 5.74) is 0.548. The molecule has 4 aromatic rings. The quantitative estimate of drug-likeness (QED) is 0.157. The lowest BCUT2D eigenvalue weighted by atomic mass is 10.0. The fraction of sp³-hybridized carbons (Fsp3) is 0.278. The van der Waals surface area contributed by atoms with Gasteiger partial charge in [0, 0.05) is 24.0 Å². The number of alkyl halides is 3. The van der Waals surface area contributed by atoms with E-state index in [0.29, 0.717) is 27.4 Å². The summed E-state index contributed by atoms with van der Waals surface area (Å²) in [5, 5.41) is 3.25. The van der Waals surface area contributed by atoms with Crippen LogP contribution in [-0.4, -0.2) is 43.8 Å². The van der Waals surface area contributed by atoms with Crippen LogP contribution in [0.1, 0.15) is 42.5 Å². The van der Waals surface area contributed by atoms with Gasteiger partial charge in [-0.2, -0.15) is 13.2 Å². The Labute approximate surface area is 284 Å². The maximum atomic E-state index is 14.5. The molecule has 0 aliphatic rings. The van der Waals surface area contributed by atoms with Crippen molar-refractivity contribution >= 4 is 39.1 Å². The van der Waals surface area contributed by atoms with E-state index in [4.69, 9.17) is 11.6 Å². The Morgan fingerprint density at radius 3 is 2.17 bits per heavy atom. The van der Waals surface area contributed by atoms with E-state index in [1.807, 2.05) is 19.9 Å². The Kier molecular flexibility index (Phi) is 11.9. The summed E-state index contributed by atoms with van der Waals surface area (Å²) < 4.78 is 70.3. The van der Waals surface area contributed by atoms with Crippen LogP contribution in [0.25, 0.3) is 0 Å². The first kappa shape index (κ1) is 36.5. The van der Waals surface area contributed by atoms with Gasteiger partial charge in [-0.3, -0.25) is 13.9 Å². The second kappa shape index (κ2) is 15.7. The number of amides is 2. The molecule has 2 amide bonds. The van der Waals surface area contributed by atoms with Crippen LogP contribution in [0.2, 0.25) is 5.02 Å². The lowest BCUT2D eigenvalue weighted by Gasteiger charge is -2.34. The molecule has 0 heterocycles. The second-order valence-corrected chi connectivity index (χ2v) is 13.8. The zero-order valence-electron chi connectivity index (χ0n) is 26.7. The monoisotopic (exact) mass is 699 g/mol. The average molecular weight is 700 g/mol. The number of anilines is 1. The number of nitrogens with one attached hydrogen (secondary N) is 1. The summed E-state index contributed by atoms with van der Waals surface area (Å²) in [6.45, 7) is 4.40. The summed E-state index contributed by atoms with van der Waals surface area (Å²) in [6, 6.07) is 23.9. The minimum absolute atomic E-state index is 0.0770. The number of carbonyl (C=O) groups excluding carboxylic acids is 2. The van der Waals surface area contributed by atoms with Crippen LogP contribution >= 0.6 is 11.6 Å². The molecule has 0 aliphatic carbocycles. The molecule has 0 radical (unpaired) electrons. The van der Waals surface area contributed by atoms with Crippen molar-refractivity contribution in [3.05, 3.63) is 130 Å². The number of hydrogen-bond acceptors (Lipinski definition) is 4. The highest BCUT2D eigenvalue weighted by Crippen LogP contribution is 2.33. The molecule has 1 N–H and O–H groups in total. The fourth-order valence-electron chi connectivity index (χ4n) is 5.01. The van der Waals surface area contributed by atoms with Gasteiger partial charge in [0.1, 0.15) is 12.6 Å². The maximum Gasteiger partial charge on any atom is 0.416 e. The molecule has 0 aliphatic heterocycles. The predicted molar refractivity (Wildman–Crippen MR) is 181 cm³/mol. The van der Waals surface area contributed by atoms with Crippen LogP contribution in [0.4, 0.5) is 18.9 Å². The van der Waals surface area contributed by atoms with Gasteiger partial charge in [-0.05, 0) is 67.8 Å². The minimum atomic E-state index is -4.77. The van der Waals surface area contributed by atoms with Crippen LogP contribution in [-0.2, 0) is 38.8 Å². The van der Waals surface area contributed by atoms with E-state index in [1.165, 1.54) is 23.1 Å². The van der Waals surface area contributed by atoms with E-state index in [2.05, 4.69) is 5.32 Å². The SMILES string of the molecule is CC[C@@H](C)NC(=O)[C@@H](Cc1ccccc1)N(Cc1ccccc1Cl)C(=O)CN(c1cccc(C(F)(F)F)c1)S(=O)(=O)c1ccc(C)cc1. The van der Waals surface area contributed by atoms with Gasteiger partial charge in [0.2, 0.25) is 11.8 Å². The first-order valence-corrected chi connectivity index (χ1v) is 17.2. The Morgan fingerprint density at radius 1 is 0.896 bits per heavy atom. The maximum absolute atomic E-state index is 14.5. The molecule has 0 saturated heterocycles.